The van der Waals surface area contributed by atoms with Crippen LogP contribution in [0.3, 0.4) is 0 Å². The maximum Gasteiger partial charge on any atom is 0.229 e. The van der Waals surface area contributed by atoms with Crippen molar-refractivity contribution in [1.82, 2.24) is 0 Å². The van der Waals surface area contributed by atoms with Gasteiger partial charge in [-0.2, -0.15) is 4.57 Å². The summed E-state index contributed by atoms with van der Waals surface area (Å²) in [5, 5.41) is 1.83. The Labute approximate surface area is 149 Å². The van der Waals surface area contributed by atoms with Crippen molar-refractivity contribution in [2.24, 2.45) is 7.05 Å². The molecule has 0 unspecified atom stereocenters. The average molecular weight is 329 g/mol. The molecular weight excluding hydrogens is 308 g/mol. The molecule has 0 amide bonds. The lowest BCUT2D eigenvalue weighted by Gasteiger charge is -2.08. The highest BCUT2D eigenvalue weighted by molar-refractivity contribution is 6.12. The molecule has 0 aliphatic rings. The molecule has 122 valence electrons. The zero-order valence-corrected chi connectivity index (χ0v) is 14.7. The number of hydrogen-bond donors (Lipinski definition) is 0. The molecule has 2 heterocycles. The van der Waals surface area contributed by atoms with Crippen molar-refractivity contribution >= 4 is 27.6 Å². The normalized spacial score (nSPS) is 12.3. The number of hydrogen-bond acceptors (Lipinski definition) is 1. The summed E-state index contributed by atoms with van der Waals surface area (Å²) < 4.78 is 25.0. The lowest BCUT2D eigenvalue weighted by atomic mass is 9.99. The standard InChI is InChI=1S/C22H19N2O/c1-13-11-15(3)24(5)19(12-13)20-14(2)9-10-17-16-7-6-8-18(23-4)21(16)25-22(17)20/h6-12H,1-3,5H3/q+1/i11D,12D. The summed E-state index contributed by atoms with van der Waals surface area (Å²) in [6.07, 6.45) is 0. The van der Waals surface area contributed by atoms with Gasteiger partial charge in [0.15, 0.2) is 5.69 Å². The highest BCUT2D eigenvalue weighted by Gasteiger charge is 2.22. The summed E-state index contributed by atoms with van der Waals surface area (Å²) in [6.45, 7) is 13.1. The number of aromatic nitrogens is 1. The molecule has 0 atom stereocenters. The van der Waals surface area contributed by atoms with Crippen molar-refractivity contribution in [3.63, 3.8) is 0 Å². The van der Waals surface area contributed by atoms with Gasteiger partial charge in [0, 0.05) is 29.8 Å². The summed E-state index contributed by atoms with van der Waals surface area (Å²) in [5.41, 5.74) is 5.76. The van der Waals surface area contributed by atoms with Crippen molar-refractivity contribution in [2.75, 3.05) is 0 Å². The molecule has 4 rings (SSSR count). The van der Waals surface area contributed by atoms with Crippen LogP contribution in [0.25, 0.3) is 38.0 Å². The van der Waals surface area contributed by atoms with Gasteiger partial charge in [0.1, 0.15) is 18.2 Å². The molecule has 25 heavy (non-hydrogen) atoms. The van der Waals surface area contributed by atoms with E-state index in [-0.39, 0.29) is 0 Å². The van der Waals surface area contributed by atoms with Crippen LogP contribution in [0.2, 0.25) is 0 Å². The topological polar surface area (TPSA) is 21.4 Å². The Morgan fingerprint density at radius 3 is 2.56 bits per heavy atom. The van der Waals surface area contributed by atoms with E-state index in [4.69, 9.17) is 13.7 Å². The maximum atomic E-state index is 8.67. The van der Waals surface area contributed by atoms with Crippen LogP contribution in [-0.4, -0.2) is 0 Å². The zero-order chi connectivity index (χ0) is 19.5. The number of aryl methyl sites for hydroxylation is 1. The minimum absolute atomic E-state index is 0.328. The first-order chi connectivity index (χ1) is 12.9. The predicted molar refractivity (Wildman–Crippen MR) is 101 cm³/mol. The van der Waals surface area contributed by atoms with E-state index in [9.17, 15) is 0 Å². The van der Waals surface area contributed by atoms with Crippen LogP contribution in [0.15, 0.2) is 46.8 Å². The molecule has 0 fully saturated rings. The monoisotopic (exact) mass is 329 g/mol. The van der Waals surface area contributed by atoms with Crippen LogP contribution in [0.1, 0.15) is 19.6 Å². The van der Waals surface area contributed by atoms with Gasteiger partial charge < -0.3 is 4.42 Å². The number of benzene rings is 2. The highest BCUT2D eigenvalue weighted by atomic mass is 16.3. The Balaban J connectivity index is 2.22. The fourth-order valence-electron chi connectivity index (χ4n) is 3.37. The fourth-order valence-corrected chi connectivity index (χ4v) is 3.37. The van der Waals surface area contributed by atoms with Crippen LogP contribution in [0, 0.1) is 27.3 Å². The van der Waals surface area contributed by atoms with Crippen molar-refractivity contribution in [3.05, 3.63) is 70.7 Å². The van der Waals surface area contributed by atoms with Gasteiger partial charge in [-0.05, 0) is 25.0 Å². The van der Waals surface area contributed by atoms with Crippen molar-refractivity contribution < 1.29 is 11.7 Å². The number of fused-ring (bicyclic) bond motifs is 3. The van der Waals surface area contributed by atoms with Gasteiger partial charge in [-0.1, -0.05) is 30.3 Å². The highest BCUT2D eigenvalue weighted by Crippen LogP contribution is 2.40. The number of furan rings is 1. The molecule has 3 nitrogen and oxygen atoms in total. The van der Waals surface area contributed by atoms with Crippen LogP contribution in [0.4, 0.5) is 5.69 Å². The Morgan fingerprint density at radius 2 is 1.80 bits per heavy atom. The number of pyridine rings is 1. The average Bonchev–Trinajstić information content (AvgIpc) is 3.05. The van der Waals surface area contributed by atoms with Crippen molar-refractivity contribution in [1.29, 1.82) is 0 Å². The number of para-hydroxylation sites is 1. The first kappa shape index (κ1) is 13.2. The van der Waals surface area contributed by atoms with E-state index in [1.807, 2.05) is 56.7 Å². The molecule has 0 radical (unpaired) electrons. The van der Waals surface area contributed by atoms with E-state index >= 15 is 0 Å². The quantitative estimate of drug-likeness (QED) is 0.331. The first-order valence-corrected chi connectivity index (χ1v) is 8.15. The van der Waals surface area contributed by atoms with E-state index < -0.39 is 0 Å². The SMILES string of the molecule is [2H]c1c(C)c([2H])c(-c2c(C)ccc3c2oc2c([N+]#[C-])cccc23)[n+](C)c1C. The lowest BCUT2D eigenvalue weighted by Crippen LogP contribution is -2.35. The van der Waals surface area contributed by atoms with Gasteiger partial charge in [-0.25, -0.2) is 4.85 Å². The van der Waals surface area contributed by atoms with E-state index in [0.29, 0.717) is 34.5 Å². The third-order valence-corrected chi connectivity index (χ3v) is 4.72. The largest absolute Gasteiger partial charge is 0.466 e. The van der Waals surface area contributed by atoms with Gasteiger partial charge >= 0.3 is 0 Å². The van der Waals surface area contributed by atoms with E-state index in [1.54, 1.807) is 6.07 Å². The Bertz CT molecular complexity index is 1270. The second-order valence-electron chi connectivity index (χ2n) is 6.37. The van der Waals surface area contributed by atoms with Gasteiger partial charge in [0.25, 0.3) is 0 Å². The molecule has 0 aliphatic carbocycles. The number of nitrogens with zero attached hydrogens (tertiary/aromatic N) is 2. The minimum Gasteiger partial charge on any atom is -0.466 e. The molecular formula is C22H19N2O+. The molecule has 4 aromatic rings. The smallest absolute Gasteiger partial charge is 0.229 e. The summed E-state index contributed by atoms with van der Waals surface area (Å²) in [4.78, 5) is 3.58. The van der Waals surface area contributed by atoms with Crippen LogP contribution in [0.5, 0.6) is 0 Å². The second-order valence-corrected chi connectivity index (χ2v) is 6.37. The molecule has 0 saturated heterocycles. The zero-order valence-electron chi connectivity index (χ0n) is 16.7. The molecule has 3 heteroatoms. The van der Waals surface area contributed by atoms with Gasteiger partial charge in [0.2, 0.25) is 11.4 Å². The van der Waals surface area contributed by atoms with E-state index in [0.717, 1.165) is 33.3 Å². The van der Waals surface area contributed by atoms with Gasteiger partial charge in [-0.15, -0.1) is 0 Å². The molecule has 0 bridgehead atoms. The van der Waals surface area contributed by atoms with Crippen molar-refractivity contribution in [2.45, 2.75) is 20.8 Å². The Kier molecular flexibility index (Phi) is 2.88. The molecule has 0 saturated carbocycles. The van der Waals surface area contributed by atoms with Crippen LogP contribution < -0.4 is 4.57 Å². The predicted octanol–water partition coefficient (Wildman–Crippen LogP) is 5.55. The Hall–Kier alpha value is -3.12. The Morgan fingerprint density at radius 1 is 1.04 bits per heavy atom. The molecule has 0 N–H and O–H groups in total. The fraction of sp³-hybridized carbons (Fsp3) is 0.182. The van der Waals surface area contributed by atoms with Gasteiger partial charge in [-0.3, -0.25) is 0 Å². The van der Waals surface area contributed by atoms with Crippen molar-refractivity contribution in [3.8, 4) is 11.3 Å². The minimum atomic E-state index is 0.328. The van der Waals surface area contributed by atoms with E-state index in [1.165, 1.54) is 0 Å². The second kappa shape index (κ2) is 5.46. The third-order valence-electron chi connectivity index (χ3n) is 4.72. The van der Waals surface area contributed by atoms with Crippen LogP contribution in [-0.2, 0) is 7.05 Å². The van der Waals surface area contributed by atoms with Crippen LogP contribution >= 0.6 is 0 Å². The first-order valence-electron chi connectivity index (χ1n) is 9.15. The molecule has 0 aliphatic heterocycles. The lowest BCUT2D eigenvalue weighted by molar-refractivity contribution is -0.666. The molecule has 2 aromatic heterocycles. The third kappa shape index (κ3) is 2.22. The summed E-state index contributed by atoms with van der Waals surface area (Å²) in [5.74, 6) is 0. The summed E-state index contributed by atoms with van der Waals surface area (Å²) in [6, 6.07) is 10.3. The summed E-state index contributed by atoms with van der Waals surface area (Å²) >= 11 is 0. The summed E-state index contributed by atoms with van der Waals surface area (Å²) in [7, 11) is 1.88. The number of rotatable bonds is 1. The van der Waals surface area contributed by atoms with Gasteiger partial charge in [0.05, 0.1) is 14.9 Å². The maximum absolute atomic E-state index is 8.67. The molecule has 2 aromatic carbocycles. The molecule has 0 spiro atoms. The van der Waals surface area contributed by atoms with E-state index in [2.05, 4.69) is 4.85 Å².